The third-order valence-corrected chi connectivity index (χ3v) is 3.90. The van der Waals surface area contributed by atoms with Crippen molar-refractivity contribution in [2.24, 2.45) is 13.0 Å². The molecule has 0 radical (unpaired) electrons. The predicted molar refractivity (Wildman–Crippen MR) is 83.5 cm³/mol. The number of carbonyl (C=O) groups is 1. The van der Waals surface area contributed by atoms with E-state index in [-0.39, 0.29) is 12.1 Å². The summed E-state index contributed by atoms with van der Waals surface area (Å²) in [5.74, 6) is 0.402. The zero-order chi connectivity index (χ0) is 16.3. The van der Waals surface area contributed by atoms with E-state index in [0.717, 1.165) is 31.6 Å². The smallest absolute Gasteiger partial charge is 0.410 e. The van der Waals surface area contributed by atoms with Gasteiger partial charge in [-0.1, -0.05) is 5.21 Å². The second-order valence-corrected chi connectivity index (χ2v) is 6.96. The van der Waals surface area contributed by atoms with Gasteiger partial charge in [-0.2, -0.15) is 0 Å². The molecule has 0 aromatic carbocycles. The number of nitrogens with one attached hydrogen (secondary N) is 1. The van der Waals surface area contributed by atoms with E-state index in [9.17, 15) is 4.79 Å². The maximum atomic E-state index is 12.1. The predicted octanol–water partition coefficient (Wildman–Crippen LogP) is 1.20. The molecule has 7 heteroatoms. The van der Waals surface area contributed by atoms with Crippen molar-refractivity contribution in [3.8, 4) is 0 Å². The van der Waals surface area contributed by atoms with E-state index in [2.05, 4.69) is 15.6 Å². The van der Waals surface area contributed by atoms with Gasteiger partial charge >= 0.3 is 6.09 Å². The lowest BCUT2D eigenvalue weighted by atomic mass is 9.95. The van der Waals surface area contributed by atoms with E-state index in [4.69, 9.17) is 4.74 Å². The van der Waals surface area contributed by atoms with Crippen molar-refractivity contribution in [3.63, 3.8) is 0 Å². The lowest BCUT2D eigenvalue weighted by Crippen LogP contribution is -2.39. The van der Waals surface area contributed by atoms with Crippen molar-refractivity contribution in [3.05, 3.63) is 11.9 Å². The second kappa shape index (κ2) is 6.64. The van der Waals surface area contributed by atoms with Crippen LogP contribution in [0, 0.1) is 5.92 Å². The number of likely N-dealkylation sites (tertiary alicyclic amines) is 1. The summed E-state index contributed by atoms with van der Waals surface area (Å²) in [6.07, 6.45) is 3.51. The molecule has 1 aliphatic rings. The number of nitrogens with zero attached hydrogens (tertiary/aromatic N) is 4. The first-order chi connectivity index (χ1) is 10.3. The number of carbonyl (C=O) groups excluding carboxylic acids is 1. The van der Waals surface area contributed by atoms with Gasteiger partial charge in [-0.25, -0.2) is 4.79 Å². The van der Waals surface area contributed by atoms with Crippen LogP contribution in [0.1, 0.15) is 32.9 Å². The van der Waals surface area contributed by atoms with E-state index in [1.165, 1.54) is 0 Å². The lowest BCUT2D eigenvalue weighted by molar-refractivity contribution is 0.0285. The monoisotopic (exact) mass is 309 g/mol. The van der Waals surface area contributed by atoms with Crippen LogP contribution >= 0.6 is 0 Å². The van der Waals surface area contributed by atoms with Crippen molar-refractivity contribution in [1.29, 1.82) is 0 Å². The molecule has 2 rings (SSSR count). The molecule has 2 unspecified atom stereocenters. The van der Waals surface area contributed by atoms with Crippen molar-refractivity contribution < 1.29 is 9.53 Å². The molecule has 2 heterocycles. The Morgan fingerprint density at radius 3 is 2.82 bits per heavy atom. The molecule has 1 fully saturated rings. The normalized spacial score (nSPS) is 20.2. The van der Waals surface area contributed by atoms with Crippen LogP contribution in [0.3, 0.4) is 0 Å². The fourth-order valence-corrected chi connectivity index (χ4v) is 2.83. The minimum Gasteiger partial charge on any atom is -0.444 e. The third kappa shape index (κ3) is 4.43. The molecule has 1 amide bonds. The summed E-state index contributed by atoms with van der Waals surface area (Å²) in [5.41, 5.74) is 0.523. The highest BCUT2D eigenvalue weighted by Gasteiger charge is 2.33. The number of hydrogen-bond acceptors (Lipinski definition) is 5. The average Bonchev–Trinajstić information content (AvgIpc) is 3.03. The highest BCUT2D eigenvalue weighted by atomic mass is 16.6. The largest absolute Gasteiger partial charge is 0.444 e. The maximum absolute atomic E-state index is 12.1. The topological polar surface area (TPSA) is 72.3 Å². The highest BCUT2D eigenvalue weighted by Crippen LogP contribution is 2.23. The molecular weight excluding hydrogens is 282 g/mol. The number of rotatable bonds is 4. The van der Waals surface area contributed by atoms with Crippen LogP contribution in [0.5, 0.6) is 0 Å². The molecule has 0 spiro atoms. The van der Waals surface area contributed by atoms with E-state index >= 15 is 0 Å². The van der Waals surface area contributed by atoms with Crippen LogP contribution < -0.4 is 5.32 Å². The zero-order valence-electron chi connectivity index (χ0n) is 14.2. The number of amides is 1. The van der Waals surface area contributed by atoms with Gasteiger partial charge in [0.15, 0.2) is 0 Å². The minimum atomic E-state index is -0.447. The molecule has 1 aliphatic heterocycles. The first-order valence-electron chi connectivity index (χ1n) is 7.79. The Hall–Kier alpha value is -1.63. The fourth-order valence-electron chi connectivity index (χ4n) is 2.83. The Kier molecular flexibility index (Phi) is 5.05. The van der Waals surface area contributed by atoms with Crippen molar-refractivity contribution >= 4 is 6.09 Å². The second-order valence-electron chi connectivity index (χ2n) is 6.96. The minimum absolute atomic E-state index is 0.218. The Morgan fingerprint density at radius 2 is 2.27 bits per heavy atom. The Labute approximate surface area is 132 Å². The van der Waals surface area contributed by atoms with Gasteiger partial charge in [0.2, 0.25) is 0 Å². The molecule has 0 saturated carbocycles. The number of hydrogen-bond donors (Lipinski definition) is 1. The number of aromatic nitrogens is 3. The number of likely N-dealkylation sites (N-methyl/N-ethyl adjacent to an activating group) is 1. The van der Waals surface area contributed by atoms with E-state index in [0.29, 0.717) is 5.92 Å². The van der Waals surface area contributed by atoms with Gasteiger partial charge in [0.05, 0.1) is 5.69 Å². The van der Waals surface area contributed by atoms with Gasteiger partial charge in [0.1, 0.15) is 5.60 Å². The third-order valence-electron chi connectivity index (χ3n) is 3.90. The van der Waals surface area contributed by atoms with Crippen LogP contribution in [0.4, 0.5) is 4.79 Å². The summed E-state index contributed by atoms with van der Waals surface area (Å²) >= 11 is 0. The van der Waals surface area contributed by atoms with E-state index < -0.39 is 5.60 Å². The molecule has 22 heavy (non-hydrogen) atoms. The van der Waals surface area contributed by atoms with Crippen molar-refractivity contribution in [1.82, 2.24) is 25.2 Å². The zero-order valence-corrected chi connectivity index (χ0v) is 14.2. The molecule has 1 aromatic rings. The van der Waals surface area contributed by atoms with Gasteiger partial charge in [-0.15, -0.1) is 5.10 Å². The molecule has 124 valence electrons. The quantitative estimate of drug-likeness (QED) is 0.905. The molecule has 1 N–H and O–H groups in total. The van der Waals surface area contributed by atoms with Crippen molar-refractivity contribution in [2.45, 2.75) is 45.3 Å². The molecule has 2 atom stereocenters. The summed E-state index contributed by atoms with van der Waals surface area (Å²) in [6.45, 7) is 7.15. The molecule has 1 saturated heterocycles. The average molecular weight is 309 g/mol. The van der Waals surface area contributed by atoms with Gasteiger partial charge in [0.25, 0.3) is 0 Å². The molecule has 0 bridgehead atoms. The van der Waals surface area contributed by atoms with Crippen LogP contribution in [0.15, 0.2) is 6.20 Å². The summed E-state index contributed by atoms with van der Waals surface area (Å²) in [5, 5.41) is 11.5. The first kappa shape index (κ1) is 16.7. The summed E-state index contributed by atoms with van der Waals surface area (Å²) in [7, 11) is 3.82. The number of ether oxygens (including phenoxy) is 1. The highest BCUT2D eigenvalue weighted by molar-refractivity contribution is 5.68. The SMILES string of the molecule is CNC(Cc1cn(C)nn1)C1CCN(C(=O)OC(C)(C)C)C1. The van der Waals surface area contributed by atoms with Gasteiger partial charge in [-0.05, 0) is 40.2 Å². The Bertz CT molecular complexity index is 508. The lowest BCUT2D eigenvalue weighted by Gasteiger charge is -2.26. The summed E-state index contributed by atoms with van der Waals surface area (Å²) < 4.78 is 7.16. The maximum Gasteiger partial charge on any atom is 0.410 e. The van der Waals surface area contributed by atoms with Gasteiger partial charge in [-0.3, -0.25) is 4.68 Å². The van der Waals surface area contributed by atoms with Gasteiger partial charge < -0.3 is 15.0 Å². The molecule has 0 aliphatic carbocycles. The summed E-state index contributed by atoms with van der Waals surface area (Å²) in [4.78, 5) is 13.9. The van der Waals surface area contributed by atoms with Crippen LogP contribution in [0.2, 0.25) is 0 Å². The molecular formula is C15H27N5O2. The van der Waals surface area contributed by atoms with E-state index in [1.807, 2.05) is 41.1 Å². The first-order valence-corrected chi connectivity index (χ1v) is 7.79. The van der Waals surface area contributed by atoms with E-state index in [1.54, 1.807) is 9.58 Å². The van der Waals surface area contributed by atoms with Crippen LogP contribution in [-0.2, 0) is 18.2 Å². The van der Waals surface area contributed by atoms with Gasteiger partial charge in [0, 0.05) is 38.8 Å². The Morgan fingerprint density at radius 1 is 1.55 bits per heavy atom. The fraction of sp³-hybridized carbons (Fsp3) is 0.800. The number of aryl methyl sites for hydroxylation is 1. The van der Waals surface area contributed by atoms with Crippen LogP contribution in [0.25, 0.3) is 0 Å². The van der Waals surface area contributed by atoms with Crippen LogP contribution in [-0.4, -0.2) is 57.8 Å². The standard InChI is InChI=1S/C15H27N5O2/c1-15(2,3)22-14(21)20-7-6-11(9-20)13(16-4)8-12-10-19(5)18-17-12/h10-11,13,16H,6-9H2,1-5H3. The molecule has 7 nitrogen and oxygen atoms in total. The van der Waals surface area contributed by atoms with Crippen molar-refractivity contribution in [2.75, 3.05) is 20.1 Å². The molecule has 1 aromatic heterocycles. The summed E-state index contributed by atoms with van der Waals surface area (Å²) in [6, 6.07) is 0.282. The Balaban J connectivity index is 1.91.